The smallest absolute Gasteiger partial charge is 0.225 e. The molecule has 0 unspecified atom stereocenters. The summed E-state index contributed by atoms with van der Waals surface area (Å²) in [6, 6.07) is 0. The molecule has 2 heterocycles. The first-order valence-corrected chi connectivity index (χ1v) is 9.59. The Kier molecular flexibility index (Phi) is 4.98. The minimum absolute atomic E-state index is 0.278. The normalized spacial score (nSPS) is 31.5. The van der Waals surface area contributed by atoms with E-state index in [1.807, 2.05) is 4.90 Å². The van der Waals surface area contributed by atoms with Crippen LogP contribution in [0.2, 0.25) is 0 Å². The van der Waals surface area contributed by atoms with Crippen LogP contribution in [0.4, 0.5) is 0 Å². The van der Waals surface area contributed by atoms with Gasteiger partial charge in [0.2, 0.25) is 11.8 Å². The lowest BCUT2D eigenvalue weighted by Crippen LogP contribution is -2.53. The zero-order valence-corrected chi connectivity index (χ0v) is 14.9. The number of likely N-dealkylation sites (tertiary alicyclic amines) is 2. The Hall–Kier alpha value is -1.06. The minimum atomic E-state index is 0.278. The third-order valence-electron chi connectivity index (χ3n) is 6.63. The van der Waals surface area contributed by atoms with Gasteiger partial charge in [-0.05, 0) is 63.2 Å². The van der Waals surface area contributed by atoms with E-state index >= 15 is 0 Å². The first kappa shape index (κ1) is 16.8. The second kappa shape index (κ2) is 6.82. The van der Waals surface area contributed by atoms with E-state index in [1.165, 1.54) is 12.8 Å². The highest BCUT2D eigenvalue weighted by Gasteiger charge is 2.42. The van der Waals surface area contributed by atoms with Gasteiger partial charge in [-0.2, -0.15) is 0 Å². The average Bonchev–Trinajstić information content (AvgIpc) is 2.58. The molecule has 1 aliphatic carbocycles. The van der Waals surface area contributed by atoms with Crippen LogP contribution in [0.3, 0.4) is 0 Å². The second-order valence-electron chi connectivity index (χ2n) is 8.19. The van der Waals surface area contributed by atoms with Crippen molar-refractivity contribution in [2.45, 2.75) is 65.2 Å². The van der Waals surface area contributed by atoms with E-state index in [0.717, 1.165) is 64.2 Å². The summed E-state index contributed by atoms with van der Waals surface area (Å²) >= 11 is 0. The van der Waals surface area contributed by atoms with Gasteiger partial charge in [0.25, 0.3) is 0 Å². The summed E-state index contributed by atoms with van der Waals surface area (Å²) in [5, 5.41) is 0. The van der Waals surface area contributed by atoms with E-state index in [4.69, 9.17) is 0 Å². The van der Waals surface area contributed by atoms with Gasteiger partial charge < -0.3 is 9.80 Å². The lowest BCUT2D eigenvalue weighted by Gasteiger charge is -2.48. The van der Waals surface area contributed by atoms with Crippen molar-refractivity contribution in [1.29, 1.82) is 0 Å². The van der Waals surface area contributed by atoms with Crippen LogP contribution in [0.25, 0.3) is 0 Å². The Bertz CT molecular complexity index is 446. The predicted molar refractivity (Wildman–Crippen MR) is 90.9 cm³/mol. The average molecular weight is 320 g/mol. The van der Waals surface area contributed by atoms with Crippen molar-refractivity contribution in [3.05, 3.63) is 0 Å². The first-order valence-electron chi connectivity index (χ1n) is 9.59. The van der Waals surface area contributed by atoms with Crippen molar-refractivity contribution in [1.82, 2.24) is 9.80 Å². The number of hydrogen-bond acceptors (Lipinski definition) is 2. The zero-order chi connectivity index (χ0) is 16.4. The highest BCUT2D eigenvalue weighted by molar-refractivity contribution is 5.79. The number of amides is 2. The van der Waals surface area contributed by atoms with Crippen molar-refractivity contribution < 1.29 is 9.59 Å². The van der Waals surface area contributed by atoms with E-state index < -0.39 is 0 Å². The topological polar surface area (TPSA) is 40.6 Å². The molecule has 4 nitrogen and oxygen atoms in total. The van der Waals surface area contributed by atoms with Crippen molar-refractivity contribution in [2.75, 3.05) is 26.2 Å². The summed E-state index contributed by atoms with van der Waals surface area (Å²) in [5.41, 5.74) is 0.280. The number of carbonyl (C=O) groups is 2. The molecule has 3 rings (SSSR count). The summed E-state index contributed by atoms with van der Waals surface area (Å²) < 4.78 is 0. The number of piperidine rings is 2. The van der Waals surface area contributed by atoms with Gasteiger partial charge >= 0.3 is 0 Å². The zero-order valence-electron chi connectivity index (χ0n) is 14.9. The predicted octanol–water partition coefficient (Wildman–Crippen LogP) is 3.06. The Labute approximate surface area is 140 Å². The molecule has 0 N–H and O–H groups in total. The minimum Gasteiger partial charge on any atom is -0.342 e. The van der Waals surface area contributed by atoms with Crippen LogP contribution in [-0.2, 0) is 9.59 Å². The van der Waals surface area contributed by atoms with Gasteiger partial charge in [-0.25, -0.2) is 0 Å². The largest absolute Gasteiger partial charge is 0.342 e. The SMILES string of the molecule is CCN1CC2(CCC1=O)CCN(C(=O)C1CCC(C)CC1)CC2. The number of nitrogens with zero attached hydrogens (tertiary/aromatic N) is 2. The van der Waals surface area contributed by atoms with Crippen LogP contribution >= 0.6 is 0 Å². The highest BCUT2D eigenvalue weighted by Crippen LogP contribution is 2.41. The van der Waals surface area contributed by atoms with E-state index in [-0.39, 0.29) is 11.3 Å². The molecule has 1 saturated carbocycles. The van der Waals surface area contributed by atoms with E-state index in [9.17, 15) is 9.59 Å². The van der Waals surface area contributed by atoms with Crippen molar-refractivity contribution in [2.24, 2.45) is 17.3 Å². The summed E-state index contributed by atoms with van der Waals surface area (Å²) in [7, 11) is 0. The number of carbonyl (C=O) groups excluding carboxylic acids is 2. The Balaban J connectivity index is 1.54. The van der Waals surface area contributed by atoms with Gasteiger partial charge in [-0.15, -0.1) is 0 Å². The molecule has 0 aromatic rings. The second-order valence-corrected chi connectivity index (χ2v) is 8.19. The van der Waals surface area contributed by atoms with Crippen molar-refractivity contribution >= 4 is 11.8 Å². The molecule has 0 atom stereocenters. The van der Waals surface area contributed by atoms with Gasteiger partial charge in [0.15, 0.2) is 0 Å². The fraction of sp³-hybridized carbons (Fsp3) is 0.895. The molecule has 2 amide bonds. The highest BCUT2D eigenvalue weighted by atomic mass is 16.2. The summed E-state index contributed by atoms with van der Waals surface area (Å²) in [6.45, 7) is 7.90. The van der Waals surface area contributed by atoms with Crippen LogP contribution in [-0.4, -0.2) is 47.8 Å². The van der Waals surface area contributed by atoms with Gasteiger partial charge in [0, 0.05) is 38.5 Å². The molecule has 4 heteroatoms. The summed E-state index contributed by atoms with van der Waals surface area (Å²) in [5.74, 6) is 1.79. The van der Waals surface area contributed by atoms with Crippen LogP contribution in [0.5, 0.6) is 0 Å². The molecule has 2 saturated heterocycles. The lowest BCUT2D eigenvalue weighted by atomic mass is 9.72. The lowest BCUT2D eigenvalue weighted by molar-refractivity contribution is -0.144. The fourth-order valence-corrected chi connectivity index (χ4v) is 4.77. The molecule has 1 spiro atoms. The first-order chi connectivity index (χ1) is 11.0. The van der Waals surface area contributed by atoms with Crippen LogP contribution in [0, 0.1) is 17.3 Å². The quantitative estimate of drug-likeness (QED) is 0.784. The molecule has 0 radical (unpaired) electrons. The molecule has 0 aromatic heterocycles. The molecule has 0 bridgehead atoms. The molecule has 130 valence electrons. The molecule has 3 fully saturated rings. The maximum atomic E-state index is 12.8. The Morgan fingerprint density at radius 1 is 1.13 bits per heavy atom. The third-order valence-corrected chi connectivity index (χ3v) is 6.63. The molecule has 0 aromatic carbocycles. The fourth-order valence-electron chi connectivity index (χ4n) is 4.77. The van der Waals surface area contributed by atoms with Crippen LogP contribution in [0.1, 0.15) is 65.2 Å². The van der Waals surface area contributed by atoms with Gasteiger partial charge in [-0.1, -0.05) is 6.92 Å². The van der Waals surface area contributed by atoms with Crippen molar-refractivity contribution in [3.63, 3.8) is 0 Å². The number of hydrogen-bond donors (Lipinski definition) is 0. The molecule has 23 heavy (non-hydrogen) atoms. The number of rotatable bonds is 2. The molecule has 3 aliphatic rings. The standard InChI is InChI=1S/C19H32N2O2/c1-3-20-14-19(9-8-17(20)22)10-12-21(13-11-19)18(23)16-6-4-15(2)5-7-16/h15-16H,3-14H2,1-2H3. The molecule has 2 aliphatic heterocycles. The van der Waals surface area contributed by atoms with Gasteiger partial charge in [0.1, 0.15) is 0 Å². The van der Waals surface area contributed by atoms with Crippen LogP contribution in [0.15, 0.2) is 0 Å². The monoisotopic (exact) mass is 320 g/mol. The van der Waals surface area contributed by atoms with E-state index in [2.05, 4.69) is 18.7 Å². The van der Waals surface area contributed by atoms with Crippen molar-refractivity contribution in [3.8, 4) is 0 Å². The Morgan fingerprint density at radius 3 is 2.39 bits per heavy atom. The van der Waals surface area contributed by atoms with Gasteiger partial charge in [-0.3, -0.25) is 9.59 Å². The van der Waals surface area contributed by atoms with Crippen LogP contribution < -0.4 is 0 Å². The van der Waals surface area contributed by atoms with Gasteiger partial charge in [0.05, 0.1) is 0 Å². The van der Waals surface area contributed by atoms with E-state index in [1.54, 1.807) is 0 Å². The summed E-state index contributed by atoms with van der Waals surface area (Å²) in [4.78, 5) is 28.8. The summed E-state index contributed by atoms with van der Waals surface area (Å²) in [6.07, 6.45) is 8.45. The van der Waals surface area contributed by atoms with E-state index in [0.29, 0.717) is 18.2 Å². The third kappa shape index (κ3) is 3.56. The molecular formula is C19H32N2O2. The Morgan fingerprint density at radius 2 is 1.78 bits per heavy atom. The maximum absolute atomic E-state index is 12.8. The maximum Gasteiger partial charge on any atom is 0.225 e. The molecular weight excluding hydrogens is 288 g/mol.